The molecule has 0 aliphatic heterocycles. The number of nitrogens with zero attached hydrogens (tertiary/aromatic N) is 6. The molecule has 0 N–H and O–H groups in total. The molecule has 6 rings (SSSR count). The smallest absolute Gasteiger partial charge is 0.250 e. The molecule has 260 valence electrons. The zero-order valence-electron chi connectivity index (χ0n) is 28.2. The Labute approximate surface area is 320 Å². The third-order valence-corrected chi connectivity index (χ3v) is 10.7. The Bertz CT molecular complexity index is 2110. The lowest BCUT2D eigenvalue weighted by molar-refractivity contribution is 0.488. The van der Waals surface area contributed by atoms with Gasteiger partial charge in [0.05, 0.1) is 17.9 Å². The number of benzene rings is 2. The molecule has 4 heterocycles. The van der Waals surface area contributed by atoms with Gasteiger partial charge >= 0.3 is 0 Å². The third kappa shape index (κ3) is 9.78. The predicted octanol–water partition coefficient (Wildman–Crippen LogP) is 11.1. The Balaban J connectivity index is 0.000000195. The first-order valence-corrected chi connectivity index (χ1v) is 19.0. The number of hydrogen-bond donors (Lipinski definition) is 0. The molecular formula is C37H36Cl4N6OS2. The van der Waals surface area contributed by atoms with Gasteiger partial charge in [0.15, 0.2) is 0 Å². The molecule has 50 heavy (non-hydrogen) atoms. The first-order chi connectivity index (χ1) is 23.9. The summed E-state index contributed by atoms with van der Waals surface area (Å²) in [6.45, 7) is 11.6. The van der Waals surface area contributed by atoms with E-state index in [0.717, 1.165) is 49.8 Å². The number of rotatable bonds is 10. The van der Waals surface area contributed by atoms with Gasteiger partial charge in [-0.15, -0.1) is 0 Å². The van der Waals surface area contributed by atoms with E-state index in [0.29, 0.717) is 26.6 Å². The lowest BCUT2D eigenvalue weighted by Gasteiger charge is -2.13. The minimum Gasteiger partial charge on any atom is -0.311 e. The fraction of sp³-hybridized carbons (Fsp3) is 0.243. The molecule has 0 fully saturated rings. The fourth-order valence-corrected chi connectivity index (χ4v) is 9.00. The van der Waals surface area contributed by atoms with Crippen molar-refractivity contribution in [1.29, 1.82) is 0 Å². The van der Waals surface area contributed by atoms with E-state index in [2.05, 4.69) is 36.9 Å². The van der Waals surface area contributed by atoms with E-state index in [4.69, 9.17) is 51.5 Å². The lowest BCUT2D eigenvalue weighted by Crippen LogP contribution is -2.18. The van der Waals surface area contributed by atoms with Crippen LogP contribution in [0, 0.1) is 13.8 Å². The van der Waals surface area contributed by atoms with Gasteiger partial charge in [0.1, 0.15) is 10.1 Å². The maximum Gasteiger partial charge on any atom is 0.250 e. The first-order valence-electron chi connectivity index (χ1n) is 15.9. The number of hydrogen-bond acceptors (Lipinski definition) is 6. The maximum atomic E-state index is 12.1. The van der Waals surface area contributed by atoms with Crippen LogP contribution in [0.15, 0.2) is 110 Å². The Morgan fingerprint density at radius 2 is 1.36 bits per heavy atom. The van der Waals surface area contributed by atoms with Gasteiger partial charge in [-0.1, -0.05) is 82.1 Å². The summed E-state index contributed by atoms with van der Waals surface area (Å²) in [5.41, 5.74) is 5.31. The van der Waals surface area contributed by atoms with Crippen molar-refractivity contribution in [2.75, 3.05) is 0 Å². The molecule has 0 bridgehead atoms. The number of pyridine rings is 2. The molecule has 0 unspecified atom stereocenters. The van der Waals surface area contributed by atoms with Crippen molar-refractivity contribution in [2.24, 2.45) is 0 Å². The standard InChI is InChI=1S/C19H19Cl2N3OS.C18H17Cl2N3S/c1-12(2)24-19(26-16-9-14(20)8-15(21)10-16)17(13(3)22-24)11-23-7-5-4-6-18(23)25;1-3-23-18(24-16-9-14(19)8-15(20)10-16)17(12(2)22-23)7-13-5-4-6-21-11-13/h4-10,12H,11H2,1-3H3;4-6,8-11H,3,7H2,1-2H3. The molecular weight excluding hydrogens is 750 g/mol. The van der Waals surface area contributed by atoms with Crippen LogP contribution in [-0.2, 0) is 19.5 Å². The fourth-order valence-electron chi connectivity index (χ4n) is 5.20. The van der Waals surface area contributed by atoms with Crippen LogP contribution in [0.25, 0.3) is 0 Å². The molecule has 7 nitrogen and oxygen atoms in total. The molecule has 0 saturated heterocycles. The van der Waals surface area contributed by atoms with Crippen LogP contribution < -0.4 is 5.56 Å². The van der Waals surface area contributed by atoms with Crippen LogP contribution in [0.1, 0.15) is 54.9 Å². The molecule has 4 aromatic heterocycles. The second-order valence-electron chi connectivity index (χ2n) is 11.7. The molecule has 0 amide bonds. The molecule has 0 aliphatic rings. The summed E-state index contributed by atoms with van der Waals surface area (Å²) in [5, 5.41) is 13.9. The van der Waals surface area contributed by atoms with Gasteiger partial charge in [-0.05, 0) is 88.7 Å². The molecule has 2 aromatic carbocycles. The quantitative estimate of drug-likeness (QED) is 0.138. The predicted molar refractivity (Wildman–Crippen MR) is 208 cm³/mol. The third-order valence-electron chi connectivity index (χ3n) is 7.58. The minimum atomic E-state index is -0.0362. The maximum absolute atomic E-state index is 12.1. The van der Waals surface area contributed by atoms with Gasteiger partial charge in [-0.3, -0.25) is 19.1 Å². The molecule has 0 atom stereocenters. The van der Waals surface area contributed by atoms with E-state index in [1.54, 1.807) is 64.8 Å². The summed E-state index contributed by atoms with van der Waals surface area (Å²) in [6.07, 6.45) is 6.28. The van der Waals surface area contributed by atoms with E-state index < -0.39 is 0 Å². The van der Waals surface area contributed by atoms with Gasteiger partial charge in [0, 0.05) is 84.7 Å². The van der Waals surface area contributed by atoms with Crippen molar-refractivity contribution >= 4 is 69.9 Å². The topological polar surface area (TPSA) is 70.5 Å². The molecule has 0 saturated carbocycles. The summed E-state index contributed by atoms with van der Waals surface area (Å²) < 4.78 is 5.70. The lowest BCUT2D eigenvalue weighted by atomic mass is 10.1. The summed E-state index contributed by atoms with van der Waals surface area (Å²) in [6, 6.07) is 20.4. The molecule has 0 aliphatic carbocycles. The Kier molecular flexibility index (Phi) is 13.2. The monoisotopic (exact) mass is 784 g/mol. The van der Waals surface area contributed by atoms with E-state index in [-0.39, 0.29) is 11.6 Å². The number of aromatic nitrogens is 6. The molecule has 0 spiro atoms. The van der Waals surface area contributed by atoms with Crippen molar-refractivity contribution in [3.63, 3.8) is 0 Å². The van der Waals surface area contributed by atoms with E-state index in [1.807, 2.05) is 65.8 Å². The Morgan fingerprint density at radius 1 is 0.760 bits per heavy atom. The highest BCUT2D eigenvalue weighted by molar-refractivity contribution is 7.99. The average Bonchev–Trinajstić information content (AvgIpc) is 3.52. The van der Waals surface area contributed by atoms with Crippen LogP contribution >= 0.6 is 69.9 Å². The van der Waals surface area contributed by atoms with E-state index in [1.165, 1.54) is 11.1 Å². The van der Waals surface area contributed by atoms with Crippen molar-refractivity contribution in [1.82, 2.24) is 29.1 Å². The van der Waals surface area contributed by atoms with Crippen LogP contribution in [0.3, 0.4) is 0 Å². The average molecular weight is 787 g/mol. The van der Waals surface area contributed by atoms with Gasteiger partial charge in [-0.2, -0.15) is 10.2 Å². The van der Waals surface area contributed by atoms with Crippen LogP contribution in [0.5, 0.6) is 0 Å². The molecule has 0 radical (unpaired) electrons. The van der Waals surface area contributed by atoms with Gasteiger partial charge in [0.2, 0.25) is 0 Å². The Hall–Kier alpha value is -3.18. The van der Waals surface area contributed by atoms with Crippen LogP contribution in [0.4, 0.5) is 0 Å². The zero-order valence-corrected chi connectivity index (χ0v) is 32.9. The first kappa shape index (κ1) is 38.1. The second-order valence-corrected chi connectivity index (χ2v) is 15.6. The largest absolute Gasteiger partial charge is 0.311 e. The van der Waals surface area contributed by atoms with Crippen molar-refractivity contribution < 1.29 is 0 Å². The highest BCUT2D eigenvalue weighted by Gasteiger charge is 2.20. The Morgan fingerprint density at radius 3 is 1.90 bits per heavy atom. The SMILES string of the molecule is CCn1nc(C)c(Cc2cccnc2)c1Sc1cc(Cl)cc(Cl)c1.Cc1nn(C(C)C)c(Sc2cc(Cl)cc(Cl)c2)c1Cn1ccccc1=O. The van der Waals surface area contributed by atoms with Gasteiger partial charge in [-0.25, -0.2) is 0 Å². The number of aryl methyl sites for hydroxylation is 3. The highest BCUT2D eigenvalue weighted by atomic mass is 35.5. The molecule has 6 aromatic rings. The number of halogens is 4. The van der Waals surface area contributed by atoms with Crippen molar-refractivity contribution in [3.8, 4) is 0 Å². The van der Waals surface area contributed by atoms with Crippen molar-refractivity contribution in [2.45, 2.75) is 80.0 Å². The van der Waals surface area contributed by atoms with E-state index in [9.17, 15) is 4.79 Å². The summed E-state index contributed by atoms with van der Waals surface area (Å²) in [4.78, 5) is 18.3. The summed E-state index contributed by atoms with van der Waals surface area (Å²) in [7, 11) is 0. The summed E-state index contributed by atoms with van der Waals surface area (Å²) >= 11 is 27.8. The summed E-state index contributed by atoms with van der Waals surface area (Å²) in [5.74, 6) is 0. The highest BCUT2D eigenvalue weighted by Crippen LogP contribution is 2.38. The van der Waals surface area contributed by atoms with Crippen LogP contribution in [0.2, 0.25) is 20.1 Å². The molecule has 13 heteroatoms. The van der Waals surface area contributed by atoms with Crippen molar-refractivity contribution in [3.05, 3.63) is 144 Å². The van der Waals surface area contributed by atoms with E-state index >= 15 is 0 Å². The van der Waals surface area contributed by atoms with Crippen LogP contribution in [-0.4, -0.2) is 29.1 Å². The zero-order chi connectivity index (χ0) is 35.9. The normalized spacial score (nSPS) is 11.2. The van der Waals surface area contributed by atoms with Gasteiger partial charge < -0.3 is 4.57 Å². The minimum absolute atomic E-state index is 0.0362. The van der Waals surface area contributed by atoms with Gasteiger partial charge in [0.25, 0.3) is 5.56 Å². The second kappa shape index (κ2) is 17.4.